The second-order valence-corrected chi connectivity index (χ2v) is 7.74. The minimum absolute atomic E-state index is 0.00465. The third kappa shape index (κ3) is 5.45. The first-order valence-electron chi connectivity index (χ1n) is 7.19. The van der Waals surface area contributed by atoms with E-state index in [9.17, 15) is 9.59 Å². The zero-order valence-corrected chi connectivity index (χ0v) is 14.2. The standard InChI is InChI=1S/C16H20N4O2S/c1-16(2,3)23-10-14(21)19-20-15(22)13-9-12(17-18-13)11-7-5-4-6-8-11/h4-9H,10H2,1-3H3,(H,17,18)(H,19,21)(H,20,22). The topological polar surface area (TPSA) is 86.9 Å². The Morgan fingerprint density at radius 2 is 1.87 bits per heavy atom. The number of hydrogen-bond donors (Lipinski definition) is 3. The van der Waals surface area contributed by atoms with Crippen molar-refractivity contribution in [2.24, 2.45) is 0 Å². The van der Waals surface area contributed by atoms with Gasteiger partial charge in [-0.15, -0.1) is 11.8 Å². The summed E-state index contributed by atoms with van der Waals surface area (Å²) in [6.45, 7) is 6.08. The SMILES string of the molecule is CC(C)(C)SCC(=O)NNC(=O)c1cc(-c2ccccc2)n[nH]1. The average Bonchev–Trinajstić information content (AvgIpc) is 3.01. The Hall–Kier alpha value is -2.28. The van der Waals surface area contributed by atoms with Gasteiger partial charge in [-0.2, -0.15) is 5.10 Å². The molecule has 0 atom stereocenters. The van der Waals surface area contributed by atoms with E-state index in [1.807, 2.05) is 51.1 Å². The van der Waals surface area contributed by atoms with Gasteiger partial charge >= 0.3 is 0 Å². The first-order chi connectivity index (χ1) is 10.8. The Kier molecular flexibility index (Phi) is 5.44. The van der Waals surface area contributed by atoms with E-state index in [-0.39, 0.29) is 22.1 Å². The number of carbonyl (C=O) groups is 2. The third-order valence-corrected chi connectivity index (χ3v) is 4.12. The van der Waals surface area contributed by atoms with E-state index < -0.39 is 5.91 Å². The molecule has 0 bridgehead atoms. The van der Waals surface area contributed by atoms with Crippen molar-refractivity contribution in [1.29, 1.82) is 0 Å². The van der Waals surface area contributed by atoms with Crippen molar-refractivity contribution in [3.05, 3.63) is 42.1 Å². The maximum Gasteiger partial charge on any atom is 0.287 e. The van der Waals surface area contributed by atoms with Crippen LogP contribution < -0.4 is 10.9 Å². The van der Waals surface area contributed by atoms with Gasteiger partial charge in [0.05, 0.1) is 11.4 Å². The van der Waals surface area contributed by atoms with Gasteiger partial charge in [-0.3, -0.25) is 25.5 Å². The Labute approximate surface area is 139 Å². The van der Waals surface area contributed by atoms with E-state index in [1.165, 1.54) is 11.8 Å². The van der Waals surface area contributed by atoms with Gasteiger partial charge in [-0.25, -0.2) is 0 Å². The summed E-state index contributed by atoms with van der Waals surface area (Å²) in [7, 11) is 0. The van der Waals surface area contributed by atoms with Crippen LogP contribution in [0.4, 0.5) is 0 Å². The van der Waals surface area contributed by atoms with Gasteiger partial charge in [0.1, 0.15) is 5.69 Å². The molecule has 6 nitrogen and oxygen atoms in total. The van der Waals surface area contributed by atoms with Gasteiger partial charge < -0.3 is 0 Å². The highest BCUT2D eigenvalue weighted by Crippen LogP contribution is 2.22. The number of hydrazine groups is 1. The van der Waals surface area contributed by atoms with Gasteiger partial charge in [0.15, 0.2) is 0 Å². The minimum atomic E-state index is -0.436. The van der Waals surface area contributed by atoms with Crippen molar-refractivity contribution in [2.75, 3.05) is 5.75 Å². The van der Waals surface area contributed by atoms with Crippen molar-refractivity contribution in [3.8, 4) is 11.3 Å². The molecular weight excluding hydrogens is 312 g/mol. The van der Waals surface area contributed by atoms with Gasteiger partial charge in [0.2, 0.25) is 5.91 Å². The predicted molar refractivity (Wildman–Crippen MR) is 91.8 cm³/mol. The van der Waals surface area contributed by atoms with Crippen LogP contribution in [-0.2, 0) is 4.79 Å². The summed E-state index contributed by atoms with van der Waals surface area (Å²) >= 11 is 1.51. The van der Waals surface area contributed by atoms with Crippen molar-refractivity contribution in [1.82, 2.24) is 21.0 Å². The van der Waals surface area contributed by atoms with Crippen molar-refractivity contribution >= 4 is 23.6 Å². The fourth-order valence-electron chi connectivity index (χ4n) is 1.71. The smallest absolute Gasteiger partial charge is 0.272 e. The molecule has 0 saturated heterocycles. The highest BCUT2D eigenvalue weighted by molar-refractivity contribution is 8.01. The highest BCUT2D eigenvalue weighted by atomic mass is 32.2. The summed E-state index contributed by atoms with van der Waals surface area (Å²) in [6.07, 6.45) is 0. The lowest BCUT2D eigenvalue weighted by Crippen LogP contribution is -2.43. The summed E-state index contributed by atoms with van der Waals surface area (Å²) in [5.41, 5.74) is 6.64. The number of amides is 2. The van der Waals surface area contributed by atoms with Crippen LogP contribution in [0.25, 0.3) is 11.3 Å². The van der Waals surface area contributed by atoms with Crippen LogP contribution in [0.1, 0.15) is 31.3 Å². The number of nitrogens with one attached hydrogen (secondary N) is 3. The summed E-state index contributed by atoms with van der Waals surface area (Å²) in [5.74, 6) is -0.406. The molecule has 0 unspecified atom stereocenters. The van der Waals surface area contributed by atoms with E-state index in [0.29, 0.717) is 5.69 Å². The van der Waals surface area contributed by atoms with Gasteiger partial charge in [-0.05, 0) is 6.07 Å². The zero-order chi connectivity index (χ0) is 16.9. The van der Waals surface area contributed by atoms with Crippen LogP contribution in [0.15, 0.2) is 36.4 Å². The molecule has 1 heterocycles. The third-order valence-electron chi connectivity index (χ3n) is 2.84. The summed E-state index contributed by atoms with van der Waals surface area (Å²) < 4.78 is -0.00465. The number of thioether (sulfide) groups is 1. The summed E-state index contributed by atoms with van der Waals surface area (Å²) in [4.78, 5) is 23.7. The van der Waals surface area contributed by atoms with Crippen LogP contribution in [0.3, 0.4) is 0 Å². The number of aromatic amines is 1. The lowest BCUT2D eigenvalue weighted by atomic mass is 10.1. The van der Waals surface area contributed by atoms with Crippen LogP contribution in [0.2, 0.25) is 0 Å². The molecule has 0 aliphatic carbocycles. The van der Waals surface area contributed by atoms with Gasteiger partial charge in [0.25, 0.3) is 5.91 Å². The van der Waals surface area contributed by atoms with Crippen LogP contribution >= 0.6 is 11.8 Å². The summed E-state index contributed by atoms with van der Waals surface area (Å²) in [5, 5.41) is 6.77. The minimum Gasteiger partial charge on any atom is -0.272 e. The van der Waals surface area contributed by atoms with Crippen molar-refractivity contribution in [3.63, 3.8) is 0 Å². The van der Waals surface area contributed by atoms with Crippen LogP contribution in [0, 0.1) is 0 Å². The normalized spacial score (nSPS) is 11.1. The lowest BCUT2D eigenvalue weighted by Gasteiger charge is -2.16. The van der Waals surface area contributed by atoms with E-state index in [2.05, 4.69) is 21.0 Å². The molecule has 122 valence electrons. The van der Waals surface area contributed by atoms with Gasteiger partial charge in [0, 0.05) is 10.3 Å². The Morgan fingerprint density at radius 3 is 2.52 bits per heavy atom. The van der Waals surface area contributed by atoms with Crippen LogP contribution in [-0.4, -0.2) is 32.5 Å². The molecular formula is C16H20N4O2S. The second-order valence-electron chi connectivity index (χ2n) is 5.94. The second kappa shape index (κ2) is 7.32. The quantitative estimate of drug-likeness (QED) is 0.750. The molecule has 2 rings (SSSR count). The maximum absolute atomic E-state index is 12.0. The average molecular weight is 332 g/mol. The Morgan fingerprint density at radius 1 is 1.17 bits per heavy atom. The van der Waals surface area contributed by atoms with Crippen LogP contribution in [0.5, 0.6) is 0 Å². The number of hydrogen-bond acceptors (Lipinski definition) is 4. The molecule has 23 heavy (non-hydrogen) atoms. The first-order valence-corrected chi connectivity index (χ1v) is 8.18. The monoisotopic (exact) mass is 332 g/mol. The van der Waals surface area contributed by atoms with E-state index in [4.69, 9.17) is 0 Å². The maximum atomic E-state index is 12.0. The van der Waals surface area contributed by atoms with E-state index in [1.54, 1.807) is 6.07 Å². The largest absolute Gasteiger partial charge is 0.287 e. The first kappa shape index (κ1) is 17.1. The molecule has 2 amide bonds. The molecule has 0 radical (unpaired) electrons. The molecule has 7 heteroatoms. The summed E-state index contributed by atoms with van der Waals surface area (Å²) in [6, 6.07) is 11.2. The molecule has 0 aliphatic heterocycles. The number of carbonyl (C=O) groups excluding carboxylic acids is 2. The number of nitrogens with zero attached hydrogens (tertiary/aromatic N) is 1. The Bertz CT molecular complexity index is 677. The molecule has 2 aromatic rings. The molecule has 1 aromatic heterocycles. The molecule has 0 spiro atoms. The fourth-order valence-corrected chi connectivity index (χ4v) is 2.34. The molecule has 3 N–H and O–H groups in total. The van der Waals surface area contributed by atoms with Crippen molar-refractivity contribution in [2.45, 2.75) is 25.5 Å². The zero-order valence-electron chi connectivity index (χ0n) is 13.3. The van der Waals surface area contributed by atoms with Gasteiger partial charge in [-0.1, -0.05) is 51.1 Å². The number of H-pyrrole nitrogens is 1. The van der Waals surface area contributed by atoms with E-state index in [0.717, 1.165) is 5.56 Å². The number of aromatic nitrogens is 2. The van der Waals surface area contributed by atoms with Crippen molar-refractivity contribution < 1.29 is 9.59 Å². The number of benzene rings is 1. The highest BCUT2D eigenvalue weighted by Gasteiger charge is 2.15. The van der Waals surface area contributed by atoms with E-state index >= 15 is 0 Å². The number of rotatable bonds is 4. The lowest BCUT2D eigenvalue weighted by molar-refractivity contribution is -0.119. The fraction of sp³-hybridized carbons (Fsp3) is 0.312. The molecule has 0 fully saturated rings. The Balaban J connectivity index is 1.87. The molecule has 0 saturated carbocycles. The molecule has 1 aromatic carbocycles. The predicted octanol–water partition coefficient (Wildman–Crippen LogP) is 2.37. The molecule has 0 aliphatic rings.